The lowest BCUT2D eigenvalue weighted by atomic mass is 9.86. The van der Waals surface area contributed by atoms with E-state index in [4.69, 9.17) is 0 Å². The third-order valence-corrected chi connectivity index (χ3v) is 3.34. The monoisotopic (exact) mass is 205 g/mol. The molecule has 0 spiro atoms. The van der Waals surface area contributed by atoms with E-state index in [1.54, 1.807) is 0 Å². The zero-order chi connectivity index (χ0) is 11.2. The Kier molecular flexibility index (Phi) is 2.27. The molecule has 1 aromatic carbocycles. The maximum atomic E-state index is 10.1. The Morgan fingerprint density at radius 3 is 2.67 bits per heavy atom. The zero-order valence-corrected chi connectivity index (χ0v) is 9.91. The third kappa shape index (κ3) is 1.63. The van der Waals surface area contributed by atoms with Gasteiger partial charge in [-0.25, -0.2) is 0 Å². The SMILES string of the molecule is Cc1cccc2c1N(C)CC2C(C)(C)O. The average Bonchev–Trinajstić information content (AvgIpc) is 2.44. The van der Waals surface area contributed by atoms with Crippen LogP contribution >= 0.6 is 0 Å². The Morgan fingerprint density at radius 1 is 1.40 bits per heavy atom. The van der Waals surface area contributed by atoms with Crippen LogP contribution in [0.1, 0.15) is 30.9 Å². The standard InChI is InChI=1S/C13H19NO/c1-9-6-5-7-10-11(13(2,3)15)8-14(4)12(9)10/h5-7,11,15H,8H2,1-4H3. The maximum absolute atomic E-state index is 10.1. The molecule has 0 fully saturated rings. The second kappa shape index (κ2) is 3.24. The van der Waals surface area contributed by atoms with Crippen molar-refractivity contribution in [2.24, 2.45) is 0 Å². The lowest BCUT2D eigenvalue weighted by Gasteiger charge is -2.26. The zero-order valence-electron chi connectivity index (χ0n) is 9.91. The molecule has 2 nitrogen and oxygen atoms in total. The molecular weight excluding hydrogens is 186 g/mol. The van der Waals surface area contributed by atoms with E-state index >= 15 is 0 Å². The van der Waals surface area contributed by atoms with E-state index in [9.17, 15) is 5.11 Å². The van der Waals surface area contributed by atoms with Gasteiger partial charge in [0.2, 0.25) is 0 Å². The van der Waals surface area contributed by atoms with E-state index in [2.05, 4.69) is 37.1 Å². The number of hydrogen-bond acceptors (Lipinski definition) is 2. The summed E-state index contributed by atoms with van der Waals surface area (Å²) < 4.78 is 0. The van der Waals surface area contributed by atoms with Gasteiger partial charge in [-0.2, -0.15) is 0 Å². The topological polar surface area (TPSA) is 23.5 Å². The summed E-state index contributed by atoms with van der Waals surface area (Å²) in [6.45, 7) is 6.82. The predicted molar refractivity (Wildman–Crippen MR) is 63.5 cm³/mol. The first-order valence-corrected chi connectivity index (χ1v) is 5.44. The minimum Gasteiger partial charge on any atom is -0.390 e. The van der Waals surface area contributed by atoms with Gasteiger partial charge in [0.25, 0.3) is 0 Å². The number of anilines is 1. The van der Waals surface area contributed by atoms with Crippen LogP contribution in [-0.2, 0) is 0 Å². The van der Waals surface area contributed by atoms with E-state index in [1.807, 2.05) is 13.8 Å². The summed E-state index contributed by atoms with van der Waals surface area (Å²) >= 11 is 0. The fourth-order valence-electron chi connectivity index (χ4n) is 2.55. The van der Waals surface area contributed by atoms with Crippen molar-refractivity contribution in [3.63, 3.8) is 0 Å². The molecule has 0 saturated heterocycles. The van der Waals surface area contributed by atoms with Crippen LogP contribution in [0.15, 0.2) is 18.2 Å². The van der Waals surface area contributed by atoms with E-state index in [1.165, 1.54) is 16.8 Å². The van der Waals surface area contributed by atoms with Gasteiger partial charge in [-0.3, -0.25) is 0 Å². The molecule has 15 heavy (non-hydrogen) atoms. The van der Waals surface area contributed by atoms with Gasteiger partial charge in [-0.1, -0.05) is 18.2 Å². The first kappa shape index (κ1) is 10.5. The van der Waals surface area contributed by atoms with Crippen molar-refractivity contribution < 1.29 is 5.11 Å². The molecule has 1 aliphatic heterocycles. The number of benzene rings is 1. The first-order valence-electron chi connectivity index (χ1n) is 5.44. The van der Waals surface area contributed by atoms with Gasteiger partial charge in [-0.15, -0.1) is 0 Å². The molecule has 0 saturated carbocycles. The Labute approximate surface area is 91.5 Å². The molecule has 82 valence electrons. The molecule has 1 aromatic rings. The van der Waals surface area contributed by atoms with Crippen molar-refractivity contribution in [3.8, 4) is 0 Å². The molecule has 0 aliphatic carbocycles. The molecule has 1 N–H and O–H groups in total. The van der Waals surface area contributed by atoms with Gasteiger partial charge >= 0.3 is 0 Å². The number of rotatable bonds is 1. The van der Waals surface area contributed by atoms with Crippen LogP contribution in [-0.4, -0.2) is 24.3 Å². The molecule has 2 heteroatoms. The number of likely N-dealkylation sites (N-methyl/N-ethyl adjacent to an activating group) is 1. The largest absolute Gasteiger partial charge is 0.390 e. The summed E-state index contributed by atoms with van der Waals surface area (Å²) in [4.78, 5) is 2.24. The van der Waals surface area contributed by atoms with E-state index < -0.39 is 5.60 Å². The smallest absolute Gasteiger partial charge is 0.0677 e. The van der Waals surface area contributed by atoms with Gasteiger partial charge < -0.3 is 10.0 Å². The highest BCUT2D eigenvalue weighted by molar-refractivity contribution is 5.64. The molecule has 0 bridgehead atoms. The maximum Gasteiger partial charge on any atom is 0.0677 e. The number of hydrogen-bond donors (Lipinski definition) is 1. The van der Waals surface area contributed by atoms with Crippen molar-refractivity contribution in [2.45, 2.75) is 32.3 Å². The average molecular weight is 205 g/mol. The highest BCUT2D eigenvalue weighted by Gasteiger charge is 2.36. The van der Waals surface area contributed by atoms with Gasteiger partial charge in [0, 0.05) is 25.2 Å². The number of para-hydroxylation sites is 1. The van der Waals surface area contributed by atoms with Crippen molar-refractivity contribution in [2.75, 3.05) is 18.5 Å². The fraction of sp³-hybridized carbons (Fsp3) is 0.538. The number of aryl methyl sites for hydroxylation is 1. The number of aliphatic hydroxyl groups is 1. The summed E-state index contributed by atoms with van der Waals surface area (Å²) in [5.74, 6) is 0.220. The van der Waals surface area contributed by atoms with E-state index in [0.717, 1.165) is 6.54 Å². The Hall–Kier alpha value is -1.02. The van der Waals surface area contributed by atoms with Crippen molar-refractivity contribution in [3.05, 3.63) is 29.3 Å². The number of fused-ring (bicyclic) bond motifs is 1. The molecule has 0 amide bonds. The fourth-order valence-corrected chi connectivity index (χ4v) is 2.55. The van der Waals surface area contributed by atoms with Crippen LogP contribution in [0, 0.1) is 6.92 Å². The van der Waals surface area contributed by atoms with Crippen LogP contribution in [0.2, 0.25) is 0 Å². The molecule has 1 atom stereocenters. The lowest BCUT2D eigenvalue weighted by Crippen LogP contribution is -2.32. The van der Waals surface area contributed by atoms with Crippen LogP contribution in [0.5, 0.6) is 0 Å². The second-order valence-corrected chi connectivity index (χ2v) is 5.10. The summed E-state index contributed by atoms with van der Waals surface area (Å²) in [7, 11) is 2.09. The van der Waals surface area contributed by atoms with Crippen molar-refractivity contribution >= 4 is 5.69 Å². The van der Waals surface area contributed by atoms with Crippen molar-refractivity contribution in [1.29, 1.82) is 0 Å². The van der Waals surface area contributed by atoms with Crippen molar-refractivity contribution in [1.82, 2.24) is 0 Å². The first-order chi connectivity index (χ1) is 6.91. The van der Waals surface area contributed by atoms with E-state index in [0.29, 0.717) is 0 Å². The normalized spacial score (nSPS) is 20.6. The third-order valence-electron chi connectivity index (χ3n) is 3.34. The Morgan fingerprint density at radius 2 is 2.07 bits per heavy atom. The molecular formula is C13H19NO. The highest BCUT2D eigenvalue weighted by Crippen LogP contribution is 2.42. The van der Waals surface area contributed by atoms with Crippen LogP contribution < -0.4 is 4.90 Å². The quantitative estimate of drug-likeness (QED) is 0.760. The molecule has 2 rings (SSSR count). The van der Waals surface area contributed by atoms with Crippen LogP contribution in [0.4, 0.5) is 5.69 Å². The minimum absolute atomic E-state index is 0.220. The van der Waals surface area contributed by atoms with Crippen LogP contribution in [0.3, 0.4) is 0 Å². The van der Waals surface area contributed by atoms with Crippen LogP contribution in [0.25, 0.3) is 0 Å². The molecule has 1 aliphatic rings. The Bertz CT molecular complexity index is 379. The van der Waals surface area contributed by atoms with Gasteiger partial charge in [-0.05, 0) is 31.9 Å². The molecule has 0 aromatic heterocycles. The van der Waals surface area contributed by atoms with Gasteiger partial charge in [0.05, 0.1) is 5.60 Å². The summed E-state index contributed by atoms with van der Waals surface area (Å²) in [5.41, 5.74) is 3.23. The number of nitrogens with zero attached hydrogens (tertiary/aromatic N) is 1. The van der Waals surface area contributed by atoms with E-state index in [-0.39, 0.29) is 5.92 Å². The van der Waals surface area contributed by atoms with Gasteiger partial charge in [0.15, 0.2) is 0 Å². The highest BCUT2D eigenvalue weighted by atomic mass is 16.3. The summed E-state index contributed by atoms with van der Waals surface area (Å²) in [6, 6.07) is 6.34. The summed E-state index contributed by atoms with van der Waals surface area (Å²) in [6.07, 6.45) is 0. The molecule has 1 unspecified atom stereocenters. The minimum atomic E-state index is -0.646. The van der Waals surface area contributed by atoms with Gasteiger partial charge in [0.1, 0.15) is 0 Å². The molecule has 1 heterocycles. The molecule has 0 radical (unpaired) electrons. The Balaban J connectivity index is 2.52. The summed E-state index contributed by atoms with van der Waals surface area (Å²) in [5, 5.41) is 10.1. The predicted octanol–water partition coefficient (Wildman–Crippen LogP) is 2.30. The lowest BCUT2D eigenvalue weighted by molar-refractivity contribution is 0.0550. The second-order valence-electron chi connectivity index (χ2n) is 5.10.